The molecule has 0 amide bonds. The van der Waals surface area contributed by atoms with Crippen LogP contribution in [0.5, 0.6) is 0 Å². The molecule has 0 aromatic heterocycles. The number of hydrogen-bond donors (Lipinski definition) is 0. The zero-order valence-corrected chi connectivity index (χ0v) is 7.95. The molecule has 13 heavy (non-hydrogen) atoms. The van der Waals surface area contributed by atoms with Gasteiger partial charge in [-0.2, -0.15) is 4.99 Å². The lowest BCUT2D eigenvalue weighted by atomic mass is 10.3. The lowest BCUT2D eigenvalue weighted by Crippen LogP contribution is -1.68. The Morgan fingerprint density at radius 1 is 1.46 bits per heavy atom. The van der Waals surface area contributed by atoms with Gasteiger partial charge in [0.1, 0.15) is 0 Å². The molecule has 68 valence electrons. The second-order valence-electron chi connectivity index (χ2n) is 1.87. The molecule has 1 aromatic carbocycles. The van der Waals surface area contributed by atoms with Crippen molar-refractivity contribution in [3.05, 3.63) is 30.3 Å². The minimum absolute atomic E-state index is 0.375. The van der Waals surface area contributed by atoms with Crippen LogP contribution in [0.3, 0.4) is 0 Å². The highest BCUT2D eigenvalue weighted by molar-refractivity contribution is 7.78. The van der Waals surface area contributed by atoms with Crippen LogP contribution in [0.1, 0.15) is 0 Å². The summed E-state index contributed by atoms with van der Waals surface area (Å²) in [4.78, 5) is 12.7. The van der Waals surface area contributed by atoms with Crippen LogP contribution < -0.4 is 0 Å². The van der Waals surface area contributed by atoms with E-state index in [0.29, 0.717) is 6.47 Å². The Labute approximate surface area is 82.1 Å². The van der Waals surface area contributed by atoms with Gasteiger partial charge in [-0.25, -0.2) is 0 Å². The van der Waals surface area contributed by atoms with E-state index in [2.05, 4.69) is 27.1 Å². The van der Waals surface area contributed by atoms with Gasteiger partial charge in [0.2, 0.25) is 0 Å². The molecule has 0 aliphatic carbocycles. The van der Waals surface area contributed by atoms with Crippen LogP contribution in [-0.2, 0) is 9.53 Å². The molecular formula is C9H9NO2S. The van der Waals surface area contributed by atoms with Gasteiger partial charge in [0.25, 0.3) is 6.47 Å². The molecule has 0 radical (unpaired) electrons. The number of isothiocyanates is 1. The molecule has 0 bridgehead atoms. The number of aliphatic imine (C=N–C) groups is 1. The molecule has 0 atom stereocenters. The highest BCUT2D eigenvalue weighted by atomic mass is 32.1. The Hall–Kier alpha value is -1.51. The van der Waals surface area contributed by atoms with Gasteiger partial charge in [-0.1, -0.05) is 18.2 Å². The standard InChI is InChI=1S/C7H5NS.C2H4O2/c9-6-8-7-4-2-1-3-5-7;1-4-2-3/h1-5H;2H,1H3. The van der Waals surface area contributed by atoms with E-state index in [9.17, 15) is 0 Å². The van der Waals surface area contributed by atoms with E-state index in [1.54, 1.807) is 0 Å². The molecule has 0 unspecified atom stereocenters. The lowest BCUT2D eigenvalue weighted by molar-refractivity contribution is -0.126. The fourth-order valence-electron chi connectivity index (χ4n) is 0.555. The predicted octanol–water partition coefficient (Wildman–Crippen LogP) is 2.21. The fourth-order valence-corrected chi connectivity index (χ4v) is 0.661. The van der Waals surface area contributed by atoms with Gasteiger partial charge in [0, 0.05) is 0 Å². The molecule has 0 aliphatic rings. The Bertz CT molecular complexity index is 281. The SMILES string of the molecule is COC=O.S=C=Nc1ccccc1. The van der Waals surface area contributed by atoms with Crippen molar-refractivity contribution in [1.29, 1.82) is 0 Å². The number of rotatable bonds is 2. The monoisotopic (exact) mass is 195 g/mol. The van der Waals surface area contributed by atoms with Crippen LogP contribution in [0.15, 0.2) is 35.3 Å². The van der Waals surface area contributed by atoms with Crippen molar-refractivity contribution in [3.63, 3.8) is 0 Å². The zero-order valence-electron chi connectivity index (χ0n) is 7.14. The van der Waals surface area contributed by atoms with Crippen molar-refractivity contribution < 1.29 is 9.53 Å². The number of carbonyl (C=O) groups excluding carboxylic acids is 1. The van der Waals surface area contributed by atoms with Crippen molar-refractivity contribution in [2.45, 2.75) is 0 Å². The molecular weight excluding hydrogens is 186 g/mol. The maximum atomic E-state index is 8.95. The topological polar surface area (TPSA) is 38.7 Å². The maximum absolute atomic E-state index is 8.95. The molecule has 1 aromatic rings. The minimum Gasteiger partial charge on any atom is -0.471 e. The minimum atomic E-state index is 0.375. The first-order valence-electron chi connectivity index (χ1n) is 3.44. The van der Waals surface area contributed by atoms with Gasteiger partial charge in [-0.05, 0) is 24.4 Å². The number of ether oxygens (including phenoxy) is 1. The van der Waals surface area contributed by atoms with E-state index in [0.717, 1.165) is 5.69 Å². The number of nitrogens with zero attached hydrogens (tertiary/aromatic N) is 1. The number of methoxy groups -OCH3 is 1. The van der Waals surface area contributed by atoms with E-state index in [4.69, 9.17) is 4.79 Å². The van der Waals surface area contributed by atoms with Crippen molar-refractivity contribution in [2.75, 3.05) is 7.11 Å². The van der Waals surface area contributed by atoms with E-state index >= 15 is 0 Å². The van der Waals surface area contributed by atoms with E-state index in [-0.39, 0.29) is 0 Å². The van der Waals surface area contributed by atoms with E-state index < -0.39 is 0 Å². The number of thiocarbonyl (C=S) groups is 1. The highest BCUT2D eigenvalue weighted by Gasteiger charge is 1.79. The summed E-state index contributed by atoms with van der Waals surface area (Å²) in [6, 6.07) is 9.50. The van der Waals surface area contributed by atoms with Crippen LogP contribution in [-0.4, -0.2) is 18.7 Å². The predicted molar refractivity (Wildman–Crippen MR) is 54.2 cm³/mol. The van der Waals surface area contributed by atoms with Crippen molar-refractivity contribution in [1.82, 2.24) is 0 Å². The zero-order chi connectivity index (χ0) is 9.94. The number of para-hydroxylation sites is 1. The third-order valence-corrected chi connectivity index (χ3v) is 1.12. The van der Waals surface area contributed by atoms with Crippen molar-refractivity contribution >= 4 is 29.5 Å². The third kappa shape index (κ3) is 6.87. The summed E-state index contributed by atoms with van der Waals surface area (Å²) in [6.07, 6.45) is 0. The lowest BCUT2D eigenvalue weighted by Gasteiger charge is -1.83. The molecule has 1 rings (SSSR count). The summed E-state index contributed by atoms with van der Waals surface area (Å²) >= 11 is 4.42. The van der Waals surface area contributed by atoms with Gasteiger partial charge < -0.3 is 4.74 Å². The Balaban J connectivity index is 0.000000310. The molecule has 0 heterocycles. The average Bonchev–Trinajstić information content (AvgIpc) is 2.20. The summed E-state index contributed by atoms with van der Waals surface area (Å²) in [7, 11) is 1.31. The molecule has 0 saturated heterocycles. The first kappa shape index (κ1) is 11.5. The Morgan fingerprint density at radius 3 is 2.38 bits per heavy atom. The van der Waals surface area contributed by atoms with Crippen LogP contribution in [0.25, 0.3) is 0 Å². The average molecular weight is 195 g/mol. The van der Waals surface area contributed by atoms with Gasteiger partial charge in [0.05, 0.1) is 18.0 Å². The highest BCUT2D eigenvalue weighted by Crippen LogP contribution is 2.07. The van der Waals surface area contributed by atoms with Crippen molar-refractivity contribution in [2.24, 2.45) is 4.99 Å². The van der Waals surface area contributed by atoms with Gasteiger partial charge in [-0.15, -0.1) is 0 Å². The molecule has 0 aliphatic heterocycles. The number of carbonyl (C=O) groups is 1. The smallest absolute Gasteiger partial charge is 0.292 e. The normalized spacial score (nSPS) is 7.15. The van der Waals surface area contributed by atoms with Crippen LogP contribution in [0.4, 0.5) is 5.69 Å². The summed E-state index contributed by atoms with van der Waals surface area (Å²) in [5, 5.41) is 2.29. The largest absolute Gasteiger partial charge is 0.471 e. The van der Waals surface area contributed by atoms with Crippen molar-refractivity contribution in [3.8, 4) is 0 Å². The molecule has 4 heteroatoms. The summed E-state index contributed by atoms with van der Waals surface area (Å²) in [6.45, 7) is 0.375. The number of hydrogen-bond acceptors (Lipinski definition) is 4. The second-order valence-corrected chi connectivity index (χ2v) is 2.05. The van der Waals surface area contributed by atoms with Crippen LogP contribution in [0.2, 0.25) is 0 Å². The summed E-state index contributed by atoms with van der Waals surface area (Å²) < 4.78 is 3.86. The van der Waals surface area contributed by atoms with Gasteiger partial charge in [0.15, 0.2) is 0 Å². The van der Waals surface area contributed by atoms with Crippen LogP contribution >= 0.6 is 12.2 Å². The fraction of sp³-hybridized carbons (Fsp3) is 0.111. The Morgan fingerprint density at radius 2 is 2.00 bits per heavy atom. The molecule has 3 nitrogen and oxygen atoms in total. The molecule has 0 spiro atoms. The maximum Gasteiger partial charge on any atom is 0.292 e. The summed E-state index contributed by atoms with van der Waals surface area (Å²) in [5.41, 5.74) is 0.854. The molecule has 0 fully saturated rings. The second kappa shape index (κ2) is 8.59. The number of benzene rings is 1. The van der Waals surface area contributed by atoms with E-state index in [1.807, 2.05) is 30.3 Å². The molecule has 0 saturated carbocycles. The molecule has 0 N–H and O–H groups in total. The van der Waals surface area contributed by atoms with Crippen LogP contribution in [0, 0.1) is 0 Å². The first-order valence-corrected chi connectivity index (χ1v) is 3.85. The summed E-state index contributed by atoms with van der Waals surface area (Å²) in [5.74, 6) is 0. The first-order chi connectivity index (χ1) is 6.35. The third-order valence-electron chi connectivity index (χ3n) is 1.03. The quantitative estimate of drug-likeness (QED) is 0.412. The van der Waals surface area contributed by atoms with Gasteiger partial charge >= 0.3 is 0 Å². The van der Waals surface area contributed by atoms with E-state index in [1.165, 1.54) is 7.11 Å². The Kier molecular flexibility index (Phi) is 7.59. The van der Waals surface area contributed by atoms with Gasteiger partial charge in [-0.3, -0.25) is 4.79 Å².